The first-order valence-electron chi connectivity index (χ1n) is 10.6. The monoisotopic (exact) mass is 373 g/mol. The van der Waals surface area contributed by atoms with Crippen LogP contribution in [-0.4, -0.2) is 40.7 Å². The molecule has 1 aromatic heterocycles. The minimum absolute atomic E-state index is 0.186. The zero-order valence-electron chi connectivity index (χ0n) is 17.4. The number of hydrogen-bond acceptors (Lipinski definition) is 4. The molecule has 1 aliphatic heterocycles. The molecule has 1 saturated carbocycles. The Balaban J connectivity index is 1.82. The quantitative estimate of drug-likeness (QED) is 0.717. The van der Waals surface area contributed by atoms with Crippen LogP contribution in [0.5, 0.6) is 0 Å². The van der Waals surface area contributed by atoms with Gasteiger partial charge in [0.2, 0.25) is 0 Å². The SMILES string of the molecule is CCN1CCCC1c1ccc(N(C(=O)OC(C)(C)C)C2CCCCC2)nc1. The third-order valence-electron chi connectivity index (χ3n) is 5.70. The van der Waals surface area contributed by atoms with Gasteiger partial charge in [-0.3, -0.25) is 9.80 Å². The molecule has 0 aromatic carbocycles. The summed E-state index contributed by atoms with van der Waals surface area (Å²) in [6.45, 7) is 10.2. The number of likely N-dealkylation sites (tertiary alicyclic amines) is 1. The molecule has 150 valence electrons. The van der Waals surface area contributed by atoms with Crippen LogP contribution in [-0.2, 0) is 4.74 Å². The molecular formula is C22H35N3O2. The van der Waals surface area contributed by atoms with Gasteiger partial charge in [-0.1, -0.05) is 32.3 Å². The molecule has 2 heterocycles. The number of nitrogens with zero attached hydrogens (tertiary/aromatic N) is 3. The maximum atomic E-state index is 13.0. The highest BCUT2D eigenvalue weighted by Gasteiger charge is 2.32. The van der Waals surface area contributed by atoms with Gasteiger partial charge in [-0.2, -0.15) is 0 Å². The van der Waals surface area contributed by atoms with E-state index in [-0.39, 0.29) is 12.1 Å². The molecule has 0 radical (unpaired) electrons. The largest absolute Gasteiger partial charge is 0.443 e. The summed E-state index contributed by atoms with van der Waals surface area (Å²) in [4.78, 5) is 22.0. The third kappa shape index (κ3) is 5.01. The van der Waals surface area contributed by atoms with Crippen LogP contribution in [0, 0.1) is 0 Å². The van der Waals surface area contributed by atoms with E-state index in [0.29, 0.717) is 6.04 Å². The number of pyridine rings is 1. The summed E-state index contributed by atoms with van der Waals surface area (Å²) in [5, 5.41) is 0. The van der Waals surface area contributed by atoms with Gasteiger partial charge in [0.15, 0.2) is 0 Å². The van der Waals surface area contributed by atoms with Crippen molar-refractivity contribution >= 4 is 11.9 Å². The zero-order chi connectivity index (χ0) is 19.4. The number of carbonyl (C=O) groups is 1. The number of amides is 1. The smallest absolute Gasteiger partial charge is 0.416 e. The molecule has 1 aromatic rings. The third-order valence-corrected chi connectivity index (χ3v) is 5.70. The lowest BCUT2D eigenvalue weighted by molar-refractivity contribution is 0.0556. The lowest BCUT2D eigenvalue weighted by Crippen LogP contribution is -2.45. The Labute approximate surface area is 164 Å². The Bertz CT molecular complexity index is 617. The van der Waals surface area contributed by atoms with Gasteiger partial charge in [0.05, 0.1) is 0 Å². The lowest BCUT2D eigenvalue weighted by atomic mass is 9.94. The van der Waals surface area contributed by atoms with E-state index in [1.807, 2.05) is 33.0 Å². The first-order chi connectivity index (χ1) is 12.9. The van der Waals surface area contributed by atoms with Crippen molar-refractivity contribution in [2.75, 3.05) is 18.0 Å². The van der Waals surface area contributed by atoms with Gasteiger partial charge in [-0.05, 0) is 71.2 Å². The van der Waals surface area contributed by atoms with Crippen molar-refractivity contribution in [1.82, 2.24) is 9.88 Å². The second kappa shape index (κ2) is 8.59. The van der Waals surface area contributed by atoms with E-state index in [2.05, 4.69) is 17.9 Å². The Morgan fingerprint density at radius 2 is 1.93 bits per heavy atom. The average molecular weight is 374 g/mol. The van der Waals surface area contributed by atoms with E-state index in [4.69, 9.17) is 9.72 Å². The number of ether oxygens (including phenoxy) is 1. The van der Waals surface area contributed by atoms with E-state index in [1.165, 1.54) is 24.8 Å². The van der Waals surface area contributed by atoms with Crippen LogP contribution >= 0.6 is 0 Å². The number of carbonyl (C=O) groups excluding carboxylic acids is 1. The van der Waals surface area contributed by atoms with Crippen molar-refractivity contribution in [1.29, 1.82) is 0 Å². The van der Waals surface area contributed by atoms with Crippen molar-refractivity contribution in [3.05, 3.63) is 23.9 Å². The van der Waals surface area contributed by atoms with Gasteiger partial charge in [-0.25, -0.2) is 9.78 Å². The van der Waals surface area contributed by atoms with E-state index in [9.17, 15) is 4.79 Å². The topological polar surface area (TPSA) is 45.7 Å². The highest BCUT2D eigenvalue weighted by molar-refractivity contribution is 5.87. The Kier molecular flexibility index (Phi) is 6.40. The molecular weight excluding hydrogens is 338 g/mol. The van der Waals surface area contributed by atoms with Crippen LogP contribution in [0.2, 0.25) is 0 Å². The van der Waals surface area contributed by atoms with Crippen LogP contribution in [0.15, 0.2) is 18.3 Å². The summed E-state index contributed by atoms with van der Waals surface area (Å²) >= 11 is 0. The summed E-state index contributed by atoms with van der Waals surface area (Å²) in [6.07, 6.45) is 9.74. The van der Waals surface area contributed by atoms with Crippen molar-refractivity contribution in [2.45, 2.75) is 90.3 Å². The highest BCUT2D eigenvalue weighted by Crippen LogP contribution is 2.33. The Hall–Kier alpha value is -1.62. The predicted molar refractivity (Wildman–Crippen MR) is 109 cm³/mol. The maximum absolute atomic E-state index is 13.0. The Morgan fingerprint density at radius 1 is 1.19 bits per heavy atom. The van der Waals surface area contributed by atoms with Crippen molar-refractivity contribution in [3.63, 3.8) is 0 Å². The number of aromatic nitrogens is 1. The summed E-state index contributed by atoms with van der Waals surface area (Å²) in [5.41, 5.74) is 0.751. The zero-order valence-corrected chi connectivity index (χ0v) is 17.4. The molecule has 1 amide bonds. The lowest BCUT2D eigenvalue weighted by Gasteiger charge is -2.35. The van der Waals surface area contributed by atoms with Crippen LogP contribution in [0.1, 0.15) is 84.2 Å². The fraction of sp³-hybridized carbons (Fsp3) is 0.727. The molecule has 1 atom stereocenters. The van der Waals surface area contributed by atoms with E-state index < -0.39 is 5.60 Å². The van der Waals surface area contributed by atoms with Gasteiger partial charge < -0.3 is 4.74 Å². The second-order valence-corrected chi connectivity index (χ2v) is 8.88. The van der Waals surface area contributed by atoms with Gasteiger partial charge in [0.1, 0.15) is 11.4 Å². The number of anilines is 1. The molecule has 1 saturated heterocycles. The van der Waals surface area contributed by atoms with Gasteiger partial charge in [-0.15, -0.1) is 0 Å². The molecule has 1 unspecified atom stereocenters. The first-order valence-corrected chi connectivity index (χ1v) is 10.6. The minimum Gasteiger partial charge on any atom is -0.443 e. The molecule has 27 heavy (non-hydrogen) atoms. The average Bonchev–Trinajstić information content (AvgIpc) is 3.11. The van der Waals surface area contributed by atoms with Crippen molar-refractivity contribution in [3.8, 4) is 0 Å². The van der Waals surface area contributed by atoms with Gasteiger partial charge in [0, 0.05) is 18.3 Å². The Morgan fingerprint density at radius 3 is 2.52 bits per heavy atom. The predicted octanol–water partition coefficient (Wildman–Crippen LogP) is 5.31. The normalized spacial score (nSPS) is 22.0. The maximum Gasteiger partial charge on any atom is 0.416 e. The molecule has 0 bridgehead atoms. The van der Waals surface area contributed by atoms with Crippen LogP contribution in [0.25, 0.3) is 0 Å². The van der Waals surface area contributed by atoms with Crippen molar-refractivity contribution in [2.24, 2.45) is 0 Å². The fourth-order valence-corrected chi connectivity index (χ4v) is 4.40. The summed E-state index contributed by atoms with van der Waals surface area (Å²) in [7, 11) is 0. The highest BCUT2D eigenvalue weighted by atomic mass is 16.6. The van der Waals surface area contributed by atoms with Gasteiger partial charge >= 0.3 is 6.09 Å². The van der Waals surface area contributed by atoms with Crippen molar-refractivity contribution < 1.29 is 9.53 Å². The minimum atomic E-state index is -0.505. The van der Waals surface area contributed by atoms with Crippen LogP contribution in [0.4, 0.5) is 10.6 Å². The summed E-state index contributed by atoms with van der Waals surface area (Å²) < 4.78 is 5.71. The number of rotatable bonds is 4. The molecule has 0 spiro atoms. The van der Waals surface area contributed by atoms with E-state index in [0.717, 1.165) is 44.6 Å². The molecule has 5 heteroatoms. The standard InChI is InChI=1S/C22H35N3O2/c1-5-24-15-9-12-19(24)17-13-14-20(23-16-17)25(18-10-7-6-8-11-18)21(26)27-22(2,3)4/h13-14,16,18-19H,5-12,15H2,1-4H3. The molecule has 5 nitrogen and oxygen atoms in total. The fourth-order valence-electron chi connectivity index (χ4n) is 4.40. The summed E-state index contributed by atoms with van der Waals surface area (Å²) in [5.74, 6) is 0.723. The molecule has 3 rings (SSSR count). The van der Waals surface area contributed by atoms with Crippen LogP contribution < -0.4 is 4.90 Å². The molecule has 2 aliphatic rings. The number of hydrogen-bond donors (Lipinski definition) is 0. The molecule has 1 aliphatic carbocycles. The summed E-state index contributed by atoms with van der Waals surface area (Å²) in [6, 6.07) is 4.81. The van der Waals surface area contributed by atoms with Crippen LogP contribution in [0.3, 0.4) is 0 Å². The molecule has 0 N–H and O–H groups in total. The van der Waals surface area contributed by atoms with E-state index >= 15 is 0 Å². The van der Waals surface area contributed by atoms with Gasteiger partial charge in [0.25, 0.3) is 0 Å². The first kappa shape index (κ1) is 20.1. The van der Waals surface area contributed by atoms with E-state index in [1.54, 1.807) is 4.90 Å². The second-order valence-electron chi connectivity index (χ2n) is 8.88. The molecule has 2 fully saturated rings.